The van der Waals surface area contributed by atoms with Crippen molar-refractivity contribution in [3.63, 3.8) is 0 Å². The zero-order chi connectivity index (χ0) is 17.0. The minimum Gasteiger partial charge on any atom is -0.393 e. The van der Waals surface area contributed by atoms with Crippen LogP contribution in [0.1, 0.15) is 43.9 Å². The summed E-state index contributed by atoms with van der Waals surface area (Å²) in [5.41, 5.74) is 6.83. The van der Waals surface area contributed by atoms with Gasteiger partial charge in [0.25, 0.3) is 0 Å². The molecule has 25 heavy (non-hydrogen) atoms. The van der Waals surface area contributed by atoms with Crippen molar-refractivity contribution in [2.45, 2.75) is 51.6 Å². The molecule has 1 fully saturated rings. The van der Waals surface area contributed by atoms with Crippen LogP contribution < -0.4 is 0 Å². The molecule has 5 rings (SSSR count). The SMILES string of the molecule is CC12CCC3=C(Cc4cnc(-c5ccccc5)nc4C3)C1CCC2O. The maximum Gasteiger partial charge on any atom is 0.159 e. The molecule has 0 saturated heterocycles. The minimum atomic E-state index is -0.135. The van der Waals surface area contributed by atoms with Gasteiger partial charge in [-0.2, -0.15) is 0 Å². The third-order valence-electron chi connectivity index (χ3n) is 6.87. The Morgan fingerprint density at radius 2 is 1.96 bits per heavy atom. The van der Waals surface area contributed by atoms with Crippen LogP contribution in [-0.4, -0.2) is 21.2 Å². The maximum absolute atomic E-state index is 10.5. The van der Waals surface area contributed by atoms with Crippen LogP contribution in [0.4, 0.5) is 0 Å². The van der Waals surface area contributed by atoms with Crippen LogP contribution in [-0.2, 0) is 12.8 Å². The summed E-state index contributed by atoms with van der Waals surface area (Å²) < 4.78 is 0. The first-order valence-electron chi connectivity index (χ1n) is 9.44. The number of rotatable bonds is 1. The van der Waals surface area contributed by atoms with Gasteiger partial charge in [0.15, 0.2) is 5.82 Å². The van der Waals surface area contributed by atoms with Gasteiger partial charge in [-0.15, -0.1) is 0 Å². The Bertz CT molecular complexity index is 858. The lowest BCUT2D eigenvalue weighted by molar-refractivity contribution is 0.0352. The highest BCUT2D eigenvalue weighted by molar-refractivity contribution is 5.55. The molecule has 3 nitrogen and oxygen atoms in total. The fourth-order valence-electron chi connectivity index (χ4n) is 5.28. The third-order valence-corrected chi connectivity index (χ3v) is 6.87. The average molecular weight is 332 g/mol. The zero-order valence-corrected chi connectivity index (χ0v) is 14.7. The monoisotopic (exact) mass is 332 g/mol. The van der Waals surface area contributed by atoms with E-state index in [1.165, 1.54) is 11.3 Å². The molecule has 0 amide bonds. The standard InChI is InChI=1S/C22H24N2O/c1-22-10-9-15-12-19-16(11-17(15)18(22)7-8-20(22)25)13-23-21(24-19)14-5-3-2-4-6-14/h2-6,13,18,20,25H,7-12H2,1H3. The summed E-state index contributed by atoms with van der Waals surface area (Å²) in [7, 11) is 0. The molecule has 3 aliphatic rings. The van der Waals surface area contributed by atoms with Gasteiger partial charge in [-0.05, 0) is 43.6 Å². The van der Waals surface area contributed by atoms with Crippen LogP contribution in [0.5, 0.6) is 0 Å². The molecule has 0 spiro atoms. The van der Waals surface area contributed by atoms with Crippen LogP contribution >= 0.6 is 0 Å². The van der Waals surface area contributed by atoms with Gasteiger partial charge in [0, 0.05) is 23.6 Å². The lowest BCUT2D eigenvalue weighted by atomic mass is 9.63. The number of fused-ring (bicyclic) bond motifs is 3. The molecule has 3 unspecified atom stereocenters. The van der Waals surface area contributed by atoms with Gasteiger partial charge in [-0.25, -0.2) is 9.97 Å². The Kier molecular flexibility index (Phi) is 3.36. The lowest BCUT2D eigenvalue weighted by Crippen LogP contribution is -2.38. The third kappa shape index (κ3) is 2.29. The summed E-state index contributed by atoms with van der Waals surface area (Å²) >= 11 is 0. The Labute approximate surface area is 148 Å². The van der Waals surface area contributed by atoms with E-state index in [-0.39, 0.29) is 11.5 Å². The highest BCUT2D eigenvalue weighted by atomic mass is 16.3. The van der Waals surface area contributed by atoms with Crippen molar-refractivity contribution in [2.75, 3.05) is 0 Å². The molecule has 3 atom stereocenters. The molecular weight excluding hydrogens is 308 g/mol. The van der Waals surface area contributed by atoms with Crippen LogP contribution in [0.15, 0.2) is 47.7 Å². The maximum atomic E-state index is 10.5. The van der Waals surface area contributed by atoms with Gasteiger partial charge in [0.05, 0.1) is 11.8 Å². The molecule has 0 bridgehead atoms. The van der Waals surface area contributed by atoms with Gasteiger partial charge in [0.1, 0.15) is 0 Å². The van der Waals surface area contributed by atoms with Crippen molar-refractivity contribution in [1.82, 2.24) is 9.97 Å². The quantitative estimate of drug-likeness (QED) is 0.799. The summed E-state index contributed by atoms with van der Waals surface area (Å²) in [6.07, 6.45) is 8.16. The predicted octanol–water partition coefficient (Wildman–Crippen LogP) is 4.11. The number of hydrogen-bond donors (Lipinski definition) is 1. The first-order chi connectivity index (χ1) is 12.1. The van der Waals surface area contributed by atoms with Crippen LogP contribution in [0.25, 0.3) is 11.4 Å². The van der Waals surface area contributed by atoms with Crippen molar-refractivity contribution in [3.8, 4) is 11.4 Å². The van der Waals surface area contributed by atoms with Crippen molar-refractivity contribution in [1.29, 1.82) is 0 Å². The van der Waals surface area contributed by atoms with E-state index >= 15 is 0 Å². The molecule has 0 aliphatic heterocycles. The molecule has 1 N–H and O–H groups in total. The summed E-state index contributed by atoms with van der Waals surface area (Å²) in [4.78, 5) is 9.53. The molecule has 3 aliphatic carbocycles. The second-order valence-electron chi connectivity index (χ2n) is 8.17. The van der Waals surface area contributed by atoms with Crippen LogP contribution in [0.2, 0.25) is 0 Å². The molecule has 128 valence electrons. The molecule has 1 aromatic heterocycles. The summed E-state index contributed by atoms with van der Waals surface area (Å²) in [5.74, 6) is 1.38. The number of nitrogens with zero attached hydrogens (tertiary/aromatic N) is 2. The van der Waals surface area contributed by atoms with Gasteiger partial charge >= 0.3 is 0 Å². The fraction of sp³-hybridized carbons (Fsp3) is 0.455. The van der Waals surface area contributed by atoms with E-state index in [9.17, 15) is 5.11 Å². The smallest absolute Gasteiger partial charge is 0.159 e. The molecule has 1 saturated carbocycles. The van der Waals surface area contributed by atoms with E-state index in [0.29, 0.717) is 5.92 Å². The second kappa shape index (κ2) is 5.50. The normalized spacial score (nSPS) is 30.6. The summed E-state index contributed by atoms with van der Waals surface area (Å²) in [6, 6.07) is 10.2. The fourth-order valence-corrected chi connectivity index (χ4v) is 5.28. The van der Waals surface area contributed by atoms with Gasteiger partial charge in [-0.3, -0.25) is 0 Å². The minimum absolute atomic E-state index is 0.0845. The Hall–Kier alpha value is -2.00. The summed E-state index contributed by atoms with van der Waals surface area (Å²) in [5, 5.41) is 10.5. The highest BCUT2D eigenvalue weighted by Gasteiger charge is 2.50. The molecule has 1 aromatic carbocycles. The zero-order valence-electron chi connectivity index (χ0n) is 14.7. The first kappa shape index (κ1) is 15.3. The number of aliphatic hydroxyl groups excluding tert-OH is 1. The van der Waals surface area contributed by atoms with E-state index in [2.05, 4.69) is 24.0 Å². The first-order valence-corrected chi connectivity index (χ1v) is 9.44. The Balaban J connectivity index is 1.50. The molecule has 1 heterocycles. The average Bonchev–Trinajstić information content (AvgIpc) is 2.96. The van der Waals surface area contributed by atoms with Crippen molar-refractivity contribution in [2.24, 2.45) is 11.3 Å². The van der Waals surface area contributed by atoms with Crippen molar-refractivity contribution in [3.05, 3.63) is 58.9 Å². The molecule has 3 heteroatoms. The second-order valence-corrected chi connectivity index (χ2v) is 8.17. The Morgan fingerprint density at radius 1 is 1.12 bits per heavy atom. The van der Waals surface area contributed by atoms with Gasteiger partial charge in [-0.1, -0.05) is 48.4 Å². The number of allylic oxidation sites excluding steroid dienone is 2. The largest absolute Gasteiger partial charge is 0.393 e. The summed E-state index contributed by atoms with van der Waals surface area (Å²) in [6.45, 7) is 2.30. The molecule has 0 radical (unpaired) electrons. The molecular formula is C22H24N2O. The lowest BCUT2D eigenvalue weighted by Gasteiger charge is -2.43. The highest BCUT2D eigenvalue weighted by Crippen LogP contribution is 2.56. The predicted molar refractivity (Wildman–Crippen MR) is 98.0 cm³/mol. The van der Waals surface area contributed by atoms with E-state index in [1.807, 2.05) is 24.4 Å². The van der Waals surface area contributed by atoms with Gasteiger partial charge < -0.3 is 5.11 Å². The number of benzene rings is 1. The molecule has 2 aromatic rings. The van der Waals surface area contributed by atoms with Crippen LogP contribution in [0.3, 0.4) is 0 Å². The van der Waals surface area contributed by atoms with E-state index in [4.69, 9.17) is 4.98 Å². The van der Waals surface area contributed by atoms with Crippen LogP contribution in [0, 0.1) is 11.3 Å². The van der Waals surface area contributed by atoms with Crippen molar-refractivity contribution >= 4 is 0 Å². The van der Waals surface area contributed by atoms with E-state index < -0.39 is 0 Å². The topological polar surface area (TPSA) is 46.0 Å². The van der Waals surface area contributed by atoms with E-state index in [1.54, 1.807) is 11.1 Å². The van der Waals surface area contributed by atoms with Gasteiger partial charge in [0.2, 0.25) is 0 Å². The number of aromatic nitrogens is 2. The number of hydrogen-bond acceptors (Lipinski definition) is 3. The van der Waals surface area contributed by atoms with Crippen molar-refractivity contribution < 1.29 is 5.11 Å². The van der Waals surface area contributed by atoms with E-state index in [0.717, 1.165) is 49.9 Å². The number of aliphatic hydroxyl groups is 1. The Morgan fingerprint density at radius 3 is 2.80 bits per heavy atom.